The van der Waals surface area contributed by atoms with E-state index in [1.165, 1.54) is 11.3 Å². The van der Waals surface area contributed by atoms with Gasteiger partial charge >= 0.3 is 0 Å². The number of hydrogen-bond donors (Lipinski definition) is 2. The molecule has 0 amide bonds. The summed E-state index contributed by atoms with van der Waals surface area (Å²) < 4.78 is 5.25. The van der Waals surface area contributed by atoms with Crippen molar-refractivity contribution in [2.24, 2.45) is 0 Å². The van der Waals surface area contributed by atoms with Crippen molar-refractivity contribution in [1.29, 1.82) is 0 Å². The van der Waals surface area contributed by atoms with Gasteiger partial charge in [-0.25, -0.2) is 0 Å². The van der Waals surface area contributed by atoms with E-state index >= 15 is 0 Å². The molecule has 30 heavy (non-hydrogen) atoms. The molecule has 0 atom stereocenters. The first-order chi connectivity index (χ1) is 14.5. The summed E-state index contributed by atoms with van der Waals surface area (Å²) in [6.07, 6.45) is 1.08. The molecular formula is C24H34N4OS. The minimum atomic E-state index is 0.544. The van der Waals surface area contributed by atoms with E-state index in [9.17, 15) is 0 Å². The van der Waals surface area contributed by atoms with E-state index in [0.29, 0.717) is 11.0 Å². The second-order valence-corrected chi connectivity index (χ2v) is 8.45. The van der Waals surface area contributed by atoms with Crippen LogP contribution in [0.25, 0.3) is 0 Å². The SMILES string of the molecule is COc1ccc(N2CCN(CCCNC(=S)Nc3ccc(C(C)C)cc3)CC2)cc1. The Morgan fingerprint density at radius 2 is 1.67 bits per heavy atom. The van der Waals surface area contributed by atoms with E-state index in [1.54, 1.807) is 7.11 Å². The molecule has 162 valence electrons. The topological polar surface area (TPSA) is 39.8 Å². The number of hydrogen-bond acceptors (Lipinski definition) is 4. The number of anilines is 2. The number of thiocarbonyl (C=S) groups is 1. The van der Waals surface area contributed by atoms with Crippen LogP contribution in [0.5, 0.6) is 5.75 Å². The highest BCUT2D eigenvalue weighted by Crippen LogP contribution is 2.20. The Hall–Kier alpha value is -2.31. The summed E-state index contributed by atoms with van der Waals surface area (Å²) in [5.74, 6) is 1.45. The fraction of sp³-hybridized carbons (Fsp3) is 0.458. The quantitative estimate of drug-likeness (QED) is 0.484. The molecule has 1 saturated heterocycles. The Kier molecular flexibility index (Phi) is 8.34. The number of methoxy groups -OCH3 is 1. The van der Waals surface area contributed by atoms with E-state index < -0.39 is 0 Å². The summed E-state index contributed by atoms with van der Waals surface area (Å²) in [5, 5.41) is 7.29. The van der Waals surface area contributed by atoms with Gasteiger partial charge in [0.25, 0.3) is 0 Å². The average Bonchev–Trinajstić information content (AvgIpc) is 2.77. The monoisotopic (exact) mass is 426 g/mol. The molecule has 0 aliphatic carbocycles. The summed E-state index contributed by atoms with van der Waals surface area (Å²) in [6, 6.07) is 16.8. The van der Waals surface area contributed by atoms with Crippen LogP contribution < -0.4 is 20.3 Å². The van der Waals surface area contributed by atoms with Gasteiger partial charge in [0, 0.05) is 44.1 Å². The Labute approximate surface area is 186 Å². The minimum Gasteiger partial charge on any atom is -0.497 e. The molecule has 1 fully saturated rings. The van der Waals surface area contributed by atoms with Crippen LogP contribution in [-0.2, 0) is 0 Å². The number of piperazine rings is 1. The van der Waals surface area contributed by atoms with Crippen molar-refractivity contribution in [2.75, 3.05) is 56.6 Å². The second-order valence-electron chi connectivity index (χ2n) is 8.04. The Morgan fingerprint density at radius 1 is 1.00 bits per heavy atom. The van der Waals surface area contributed by atoms with Gasteiger partial charge in [0.05, 0.1) is 7.11 Å². The average molecular weight is 427 g/mol. The van der Waals surface area contributed by atoms with Crippen LogP contribution in [0.4, 0.5) is 11.4 Å². The zero-order chi connectivity index (χ0) is 21.3. The number of nitrogens with zero attached hydrogens (tertiary/aromatic N) is 2. The van der Waals surface area contributed by atoms with Gasteiger partial charge in [-0.1, -0.05) is 26.0 Å². The highest BCUT2D eigenvalue weighted by atomic mass is 32.1. The molecule has 1 aliphatic heterocycles. The molecule has 0 spiro atoms. The van der Waals surface area contributed by atoms with E-state index in [-0.39, 0.29) is 0 Å². The molecule has 0 saturated carbocycles. The van der Waals surface area contributed by atoms with Gasteiger partial charge in [-0.15, -0.1) is 0 Å². The van der Waals surface area contributed by atoms with E-state index in [0.717, 1.165) is 57.1 Å². The van der Waals surface area contributed by atoms with Gasteiger partial charge < -0.3 is 20.3 Å². The van der Waals surface area contributed by atoms with Gasteiger partial charge in [-0.05, 0) is 73.1 Å². The summed E-state index contributed by atoms with van der Waals surface area (Å²) in [4.78, 5) is 4.97. The maximum absolute atomic E-state index is 5.43. The zero-order valence-electron chi connectivity index (χ0n) is 18.4. The van der Waals surface area contributed by atoms with E-state index in [2.05, 4.69) is 70.7 Å². The highest BCUT2D eigenvalue weighted by Gasteiger charge is 2.16. The fourth-order valence-electron chi connectivity index (χ4n) is 3.65. The van der Waals surface area contributed by atoms with Crippen molar-refractivity contribution < 1.29 is 4.74 Å². The van der Waals surface area contributed by atoms with Crippen molar-refractivity contribution >= 4 is 28.7 Å². The van der Waals surface area contributed by atoms with Crippen molar-refractivity contribution in [3.8, 4) is 5.75 Å². The summed E-state index contributed by atoms with van der Waals surface area (Å²) in [5.41, 5.74) is 3.65. The minimum absolute atomic E-state index is 0.544. The number of rotatable bonds is 8. The third-order valence-corrected chi connectivity index (χ3v) is 5.83. The Bertz CT molecular complexity index is 784. The molecule has 0 unspecified atom stereocenters. The van der Waals surface area contributed by atoms with Crippen LogP contribution in [0.1, 0.15) is 31.7 Å². The molecule has 2 aromatic rings. The fourth-order valence-corrected chi connectivity index (χ4v) is 3.87. The molecule has 1 heterocycles. The van der Waals surface area contributed by atoms with Crippen molar-refractivity contribution in [3.05, 3.63) is 54.1 Å². The largest absolute Gasteiger partial charge is 0.497 e. The van der Waals surface area contributed by atoms with Crippen LogP contribution in [0.15, 0.2) is 48.5 Å². The third kappa shape index (κ3) is 6.61. The van der Waals surface area contributed by atoms with Crippen molar-refractivity contribution in [3.63, 3.8) is 0 Å². The van der Waals surface area contributed by atoms with Gasteiger partial charge in [-0.2, -0.15) is 0 Å². The Morgan fingerprint density at radius 3 is 2.27 bits per heavy atom. The van der Waals surface area contributed by atoms with E-state index in [4.69, 9.17) is 17.0 Å². The smallest absolute Gasteiger partial charge is 0.170 e. The van der Waals surface area contributed by atoms with Gasteiger partial charge in [-0.3, -0.25) is 4.90 Å². The predicted molar refractivity (Wildman–Crippen MR) is 131 cm³/mol. The maximum Gasteiger partial charge on any atom is 0.170 e. The van der Waals surface area contributed by atoms with Crippen molar-refractivity contribution in [2.45, 2.75) is 26.2 Å². The highest BCUT2D eigenvalue weighted by molar-refractivity contribution is 7.80. The molecule has 3 rings (SSSR count). The molecule has 5 nitrogen and oxygen atoms in total. The van der Waals surface area contributed by atoms with Crippen LogP contribution >= 0.6 is 12.2 Å². The lowest BCUT2D eigenvalue weighted by molar-refractivity contribution is 0.255. The molecule has 0 aromatic heterocycles. The number of nitrogens with one attached hydrogen (secondary N) is 2. The van der Waals surface area contributed by atoms with Crippen LogP contribution in [0.2, 0.25) is 0 Å². The lowest BCUT2D eigenvalue weighted by atomic mass is 10.0. The first-order valence-electron chi connectivity index (χ1n) is 10.8. The molecule has 0 bridgehead atoms. The van der Waals surface area contributed by atoms with Crippen molar-refractivity contribution in [1.82, 2.24) is 10.2 Å². The summed E-state index contributed by atoms with van der Waals surface area (Å²) >= 11 is 5.43. The first kappa shape index (κ1) is 22.4. The maximum atomic E-state index is 5.43. The van der Waals surface area contributed by atoms with Crippen LogP contribution in [-0.4, -0.2) is 56.4 Å². The lowest BCUT2D eigenvalue weighted by Crippen LogP contribution is -2.47. The predicted octanol–water partition coefficient (Wildman–Crippen LogP) is 4.32. The first-order valence-corrected chi connectivity index (χ1v) is 11.2. The number of benzene rings is 2. The third-order valence-electron chi connectivity index (χ3n) is 5.58. The van der Waals surface area contributed by atoms with Gasteiger partial charge in [0.1, 0.15) is 5.75 Å². The van der Waals surface area contributed by atoms with Crippen LogP contribution in [0, 0.1) is 0 Å². The molecule has 2 N–H and O–H groups in total. The zero-order valence-corrected chi connectivity index (χ0v) is 19.2. The molecule has 2 aromatic carbocycles. The normalized spacial score (nSPS) is 14.6. The summed E-state index contributed by atoms with van der Waals surface area (Å²) in [6.45, 7) is 10.7. The number of ether oxygens (including phenoxy) is 1. The van der Waals surface area contributed by atoms with Gasteiger partial charge in [0.15, 0.2) is 5.11 Å². The molecule has 0 radical (unpaired) electrons. The van der Waals surface area contributed by atoms with Gasteiger partial charge in [0.2, 0.25) is 0 Å². The molecule has 6 heteroatoms. The van der Waals surface area contributed by atoms with E-state index in [1.807, 2.05) is 12.1 Å². The molecular weight excluding hydrogens is 392 g/mol. The second kappa shape index (κ2) is 11.2. The standard InChI is InChI=1S/C24H34N4OS/c1-19(2)20-5-7-21(8-6-20)26-24(30)25-13-4-14-27-15-17-28(18-16-27)22-9-11-23(29-3)12-10-22/h5-12,19H,4,13-18H2,1-3H3,(H2,25,26,30). The summed E-state index contributed by atoms with van der Waals surface area (Å²) in [7, 11) is 1.70. The van der Waals surface area contributed by atoms with Crippen LogP contribution in [0.3, 0.4) is 0 Å². The lowest BCUT2D eigenvalue weighted by Gasteiger charge is -2.36. The molecule has 1 aliphatic rings. The Balaban J connectivity index is 1.30.